The lowest BCUT2D eigenvalue weighted by molar-refractivity contribution is 0.422. The number of rotatable bonds is 3. The van der Waals surface area contributed by atoms with Crippen molar-refractivity contribution in [1.29, 1.82) is 0 Å². The van der Waals surface area contributed by atoms with Crippen molar-refractivity contribution in [3.63, 3.8) is 0 Å². The average Bonchev–Trinajstić information content (AvgIpc) is 2.65. The molecule has 0 bridgehead atoms. The van der Waals surface area contributed by atoms with Gasteiger partial charge in [0.05, 0.1) is 0 Å². The molecule has 0 saturated heterocycles. The van der Waals surface area contributed by atoms with Crippen molar-refractivity contribution < 1.29 is 4.74 Å². The van der Waals surface area contributed by atoms with Crippen LogP contribution in [0.15, 0.2) is 24.7 Å². The first-order valence-electron chi connectivity index (χ1n) is 4.32. The van der Waals surface area contributed by atoms with Crippen molar-refractivity contribution in [3.8, 4) is 11.9 Å². The van der Waals surface area contributed by atoms with E-state index in [1.807, 2.05) is 6.07 Å². The van der Waals surface area contributed by atoms with Crippen LogP contribution in [0.25, 0.3) is 0 Å². The molecule has 15 heavy (non-hydrogen) atoms. The average molecular weight is 225 g/mol. The highest BCUT2D eigenvalue weighted by Crippen LogP contribution is 2.14. The first-order valence-corrected chi connectivity index (χ1v) is 4.86. The summed E-state index contributed by atoms with van der Waals surface area (Å²) in [6.45, 7) is 0. The van der Waals surface area contributed by atoms with Crippen LogP contribution < -0.4 is 4.74 Å². The Morgan fingerprint density at radius 3 is 2.80 bits per heavy atom. The zero-order valence-corrected chi connectivity index (χ0v) is 8.85. The molecule has 0 fully saturated rings. The molecule has 0 amide bonds. The van der Waals surface area contributed by atoms with Crippen LogP contribution in [0.4, 0.5) is 0 Å². The molecular formula is C9H9ClN4O. The molecule has 2 aromatic rings. The van der Waals surface area contributed by atoms with E-state index < -0.39 is 0 Å². The highest BCUT2D eigenvalue weighted by atomic mass is 35.5. The molecule has 0 atom stereocenters. The van der Waals surface area contributed by atoms with Gasteiger partial charge in [-0.2, -0.15) is 4.98 Å². The Morgan fingerprint density at radius 2 is 2.27 bits per heavy atom. The number of nitrogens with zero attached hydrogens (tertiary/aromatic N) is 4. The van der Waals surface area contributed by atoms with Crippen molar-refractivity contribution in [2.75, 3.05) is 0 Å². The van der Waals surface area contributed by atoms with Gasteiger partial charge >= 0.3 is 6.01 Å². The fraction of sp³-hybridized carbons (Fsp3) is 0.222. The summed E-state index contributed by atoms with van der Waals surface area (Å²) < 4.78 is 6.86. The third-order valence-corrected chi connectivity index (χ3v) is 2.03. The summed E-state index contributed by atoms with van der Waals surface area (Å²) in [7, 11) is 1.77. The number of hydrogen-bond donors (Lipinski definition) is 0. The largest absolute Gasteiger partial charge is 0.404 e. The fourth-order valence-corrected chi connectivity index (χ4v) is 1.17. The zero-order chi connectivity index (χ0) is 10.7. The molecule has 6 heteroatoms. The number of halogens is 1. The second-order valence-electron chi connectivity index (χ2n) is 2.94. The van der Waals surface area contributed by atoms with E-state index in [4.69, 9.17) is 16.3 Å². The van der Waals surface area contributed by atoms with E-state index in [-0.39, 0.29) is 6.01 Å². The zero-order valence-electron chi connectivity index (χ0n) is 8.09. The predicted molar refractivity (Wildman–Crippen MR) is 54.9 cm³/mol. The summed E-state index contributed by atoms with van der Waals surface area (Å²) in [6.07, 6.45) is 3.22. The number of alkyl halides is 1. The monoisotopic (exact) mass is 224 g/mol. The normalized spacial score (nSPS) is 10.3. The number of ether oxygens (including phenoxy) is 1. The van der Waals surface area contributed by atoms with Crippen LogP contribution >= 0.6 is 11.6 Å². The van der Waals surface area contributed by atoms with Crippen LogP contribution in [-0.4, -0.2) is 19.7 Å². The number of hydrogen-bond acceptors (Lipinski definition) is 4. The molecule has 0 N–H and O–H groups in total. The summed E-state index contributed by atoms with van der Waals surface area (Å²) >= 11 is 5.63. The van der Waals surface area contributed by atoms with Gasteiger partial charge < -0.3 is 4.74 Å². The molecule has 0 unspecified atom stereocenters. The van der Waals surface area contributed by atoms with Crippen LogP contribution in [-0.2, 0) is 12.9 Å². The summed E-state index contributed by atoms with van der Waals surface area (Å²) in [5.74, 6) is 0.893. The van der Waals surface area contributed by atoms with E-state index in [1.165, 1.54) is 0 Å². The molecule has 0 spiro atoms. The lowest BCUT2D eigenvalue weighted by atomic mass is 10.3. The van der Waals surface area contributed by atoms with Crippen molar-refractivity contribution in [3.05, 3.63) is 30.2 Å². The molecule has 0 saturated carbocycles. The Balaban J connectivity index is 2.11. The molecule has 0 aliphatic carbocycles. The van der Waals surface area contributed by atoms with E-state index in [9.17, 15) is 0 Å². The van der Waals surface area contributed by atoms with Gasteiger partial charge in [0.1, 0.15) is 6.33 Å². The highest BCUT2D eigenvalue weighted by molar-refractivity contribution is 6.17. The van der Waals surface area contributed by atoms with E-state index in [2.05, 4.69) is 15.1 Å². The topological polar surface area (TPSA) is 52.8 Å². The van der Waals surface area contributed by atoms with Gasteiger partial charge in [-0.25, -0.2) is 4.98 Å². The van der Waals surface area contributed by atoms with Crippen molar-refractivity contribution in [1.82, 2.24) is 19.7 Å². The third-order valence-electron chi connectivity index (χ3n) is 1.73. The first kappa shape index (κ1) is 9.92. The molecule has 2 aromatic heterocycles. The maximum Gasteiger partial charge on any atom is 0.342 e. The Bertz CT molecular complexity index is 440. The van der Waals surface area contributed by atoms with Crippen LogP contribution in [0, 0.1) is 0 Å². The van der Waals surface area contributed by atoms with E-state index >= 15 is 0 Å². The summed E-state index contributed by atoms with van der Waals surface area (Å²) in [4.78, 5) is 7.98. The second-order valence-corrected chi connectivity index (χ2v) is 3.21. The molecule has 0 aliphatic heterocycles. The fourth-order valence-electron chi connectivity index (χ4n) is 1.01. The van der Waals surface area contributed by atoms with Crippen LogP contribution in [0.3, 0.4) is 0 Å². The summed E-state index contributed by atoms with van der Waals surface area (Å²) in [6, 6.07) is 3.86. The van der Waals surface area contributed by atoms with Crippen LogP contribution in [0.5, 0.6) is 11.9 Å². The van der Waals surface area contributed by atoms with Gasteiger partial charge in [0.15, 0.2) is 0 Å². The van der Waals surface area contributed by atoms with Gasteiger partial charge in [0.25, 0.3) is 0 Å². The standard InChI is InChI=1S/C9H9ClN4O/c1-14-6-12-9(13-14)15-8-3-2-7(4-10)5-11-8/h2-3,5-6H,4H2,1H3. The molecule has 0 aromatic carbocycles. The maximum absolute atomic E-state index is 5.63. The smallest absolute Gasteiger partial charge is 0.342 e. The Hall–Kier alpha value is -1.62. The summed E-state index contributed by atoms with van der Waals surface area (Å²) in [5, 5.41) is 3.97. The maximum atomic E-state index is 5.63. The Labute approximate surface area is 91.7 Å². The quantitative estimate of drug-likeness (QED) is 0.746. The molecule has 2 heterocycles. The molecule has 0 aliphatic rings. The van der Waals surface area contributed by atoms with Gasteiger partial charge in [-0.3, -0.25) is 4.68 Å². The second kappa shape index (κ2) is 4.27. The van der Waals surface area contributed by atoms with Gasteiger partial charge in [-0.05, 0) is 5.56 Å². The predicted octanol–water partition coefficient (Wildman–Crippen LogP) is 1.74. The molecule has 78 valence electrons. The van der Waals surface area contributed by atoms with Gasteiger partial charge in [0, 0.05) is 25.2 Å². The minimum absolute atomic E-state index is 0.281. The lowest BCUT2D eigenvalue weighted by Crippen LogP contribution is -1.92. The minimum atomic E-state index is 0.281. The summed E-state index contributed by atoms with van der Waals surface area (Å²) in [5.41, 5.74) is 0.943. The lowest BCUT2D eigenvalue weighted by Gasteiger charge is -1.99. The van der Waals surface area contributed by atoms with Crippen molar-refractivity contribution >= 4 is 11.6 Å². The minimum Gasteiger partial charge on any atom is -0.404 e. The van der Waals surface area contributed by atoms with E-state index in [1.54, 1.807) is 30.3 Å². The van der Waals surface area contributed by atoms with Crippen LogP contribution in [0.1, 0.15) is 5.56 Å². The van der Waals surface area contributed by atoms with Gasteiger partial charge in [-0.1, -0.05) is 6.07 Å². The van der Waals surface area contributed by atoms with E-state index in [0.717, 1.165) is 5.56 Å². The highest BCUT2D eigenvalue weighted by Gasteiger charge is 2.02. The number of aromatic nitrogens is 4. The Kier molecular flexibility index (Phi) is 2.82. The van der Waals surface area contributed by atoms with Crippen LogP contribution in [0.2, 0.25) is 0 Å². The molecule has 2 rings (SSSR count). The van der Waals surface area contributed by atoms with Crippen molar-refractivity contribution in [2.24, 2.45) is 7.05 Å². The van der Waals surface area contributed by atoms with Gasteiger partial charge in [0.2, 0.25) is 5.88 Å². The number of aryl methyl sites for hydroxylation is 1. The number of pyridine rings is 1. The SMILES string of the molecule is Cn1cnc(Oc2ccc(CCl)cn2)n1. The third kappa shape index (κ3) is 2.44. The Morgan fingerprint density at radius 1 is 1.40 bits per heavy atom. The first-order chi connectivity index (χ1) is 7.28. The molecule has 0 radical (unpaired) electrons. The van der Waals surface area contributed by atoms with Gasteiger partial charge in [-0.15, -0.1) is 16.7 Å². The van der Waals surface area contributed by atoms with E-state index in [0.29, 0.717) is 11.8 Å². The van der Waals surface area contributed by atoms with Crippen molar-refractivity contribution in [2.45, 2.75) is 5.88 Å². The molecular weight excluding hydrogens is 216 g/mol. The molecule has 5 nitrogen and oxygen atoms in total.